The van der Waals surface area contributed by atoms with Gasteiger partial charge in [-0.15, -0.1) is 11.8 Å². The number of aliphatic hydroxyl groups is 1. The minimum Gasteiger partial charge on any atom is -0.477 e. The van der Waals surface area contributed by atoms with Crippen LogP contribution < -0.4 is 10.0 Å². The summed E-state index contributed by atoms with van der Waals surface area (Å²) in [4.78, 5) is 26.4. The molecule has 4 aliphatic rings. The van der Waals surface area contributed by atoms with E-state index in [9.17, 15) is 28.2 Å². The Hall–Kier alpha value is -1.18. The zero-order chi connectivity index (χ0) is 21.8. The van der Waals surface area contributed by atoms with Crippen molar-refractivity contribution < 1.29 is 28.2 Å². The van der Waals surface area contributed by atoms with Gasteiger partial charge in [0.05, 0.1) is 18.1 Å². The van der Waals surface area contributed by atoms with Gasteiger partial charge >= 0.3 is 5.97 Å². The van der Waals surface area contributed by atoms with Crippen LogP contribution in [0, 0.1) is 11.8 Å². The summed E-state index contributed by atoms with van der Waals surface area (Å²) < 4.78 is 28.3. The predicted molar refractivity (Wildman–Crippen MR) is 111 cm³/mol. The van der Waals surface area contributed by atoms with Crippen LogP contribution in [0.5, 0.6) is 0 Å². The molecule has 3 fully saturated rings. The van der Waals surface area contributed by atoms with Gasteiger partial charge in [0.25, 0.3) is 10.2 Å². The van der Waals surface area contributed by atoms with E-state index in [0.29, 0.717) is 37.5 Å². The number of carbonyl (C=O) groups excluding carboxylic acids is 1. The number of nitrogens with zero attached hydrogens (tertiary/aromatic N) is 2. The Labute approximate surface area is 180 Å². The summed E-state index contributed by atoms with van der Waals surface area (Å²) in [5, 5.41) is 23.1. The van der Waals surface area contributed by atoms with Crippen molar-refractivity contribution in [3.63, 3.8) is 0 Å². The van der Waals surface area contributed by atoms with Crippen molar-refractivity contribution in [1.29, 1.82) is 0 Å². The minimum atomic E-state index is -3.42. The zero-order valence-electron chi connectivity index (χ0n) is 16.9. The molecule has 0 aliphatic carbocycles. The zero-order valence-corrected chi connectivity index (χ0v) is 18.6. The molecule has 6 atom stereocenters. The Morgan fingerprint density at radius 3 is 2.77 bits per heavy atom. The molecule has 3 saturated heterocycles. The van der Waals surface area contributed by atoms with E-state index in [4.69, 9.17) is 0 Å². The molecule has 12 heteroatoms. The molecule has 2 unspecified atom stereocenters. The molecule has 0 aromatic rings. The summed E-state index contributed by atoms with van der Waals surface area (Å²) in [6, 6.07) is -0.326. The van der Waals surface area contributed by atoms with E-state index >= 15 is 0 Å². The Kier molecular flexibility index (Phi) is 5.92. The normalized spacial score (nSPS) is 37.2. The molecule has 0 saturated carbocycles. The Morgan fingerprint density at radius 1 is 1.40 bits per heavy atom. The fourth-order valence-corrected chi connectivity index (χ4v) is 7.82. The van der Waals surface area contributed by atoms with Crippen LogP contribution in [-0.4, -0.2) is 89.3 Å². The lowest BCUT2D eigenvalue weighted by Crippen LogP contribution is -2.63. The molecule has 4 N–H and O–H groups in total. The summed E-state index contributed by atoms with van der Waals surface area (Å²) in [6.07, 6.45) is 0.656. The van der Waals surface area contributed by atoms with E-state index in [1.54, 1.807) is 6.92 Å². The van der Waals surface area contributed by atoms with Crippen LogP contribution in [0.15, 0.2) is 10.6 Å². The smallest absolute Gasteiger partial charge is 0.353 e. The predicted octanol–water partition coefficient (Wildman–Crippen LogP) is -0.856. The third kappa shape index (κ3) is 3.67. The van der Waals surface area contributed by atoms with E-state index in [1.807, 2.05) is 6.92 Å². The molecular formula is C18H28N4O6S2. The molecule has 0 aromatic carbocycles. The molecule has 10 nitrogen and oxygen atoms in total. The second-order valence-electron chi connectivity index (χ2n) is 8.46. The summed E-state index contributed by atoms with van der Waals surface area (Å²) in [5.74, 6) is -2.19. The minimum absolute atomic E-state index is 0.00775. The maximum atomic E-state index is 12.4. The van der Waals surface area contributed by atoms with Gasteiger partial charge in [0.2, 0.25) is 5.91 Å². The molecule has 0 radical (unpaired) electrons. The quantitative estimate of drug-likeness (QED) is 0.376. The van der Waals surface area contributed by atoms with E-state index in [-0.39, 0.29) is 34.9 Å². The summed E-state index contributed by atoms with van der Waals surface area (Å²) in [6.45, 7) is 5.44. The number of amides is 1. The third-order valence-electron chi connectivity index (χ3n) is 6.42. The van der Waals surface area contributed by atoms with Gasteiger partial charge in [0.15, 0.2) is 0 Å². The van der Waals surface area contributed by atoms with Crippen LogP contribution in [0.1, 0.15) is 26.7 Å². The lowest BCUT2D eigenvalue weighted by Gasteiger charge is -2.46. The number of rotatable bonds is 6. The topological polar surface area (TPSA) is 139 Å². The highest BCUT2D eigenvalue weighted by Gasteiger charge is 2.60. The summed E-state index contributed by atoms with van der Waals surface area (Å²) >= 11 is 1.47. The van der Waals surface area contributed by atoms with Crippen LogP contribution >= 0.6 is 11.8 Å². The number of carboxylic acids is 1. The number of hydrogen-bond donors (Lipinski definition) is 4. The first kappa shape index (κ1) is 22.0. The molecule has 0 aromatic heterocycles. The van der Waals surface area contributed by atoms with Gasteiger partial charge in [-0.25, -0.2) is 9.52 Å². The highest BCUT2D eigenvalue weighted by atomic mass is 32.2. The van der Waals surface area contributed by atoms with Gasteiger partial charge in [0.1, 0.15) is 5.70 Å². The van der Waals surface area contributed by atoms with Crippen LogP contribution in [0.2, 0.25) is 0 Å². The lowest BCUT2D eigenvalue weighted by atomic mass is 9.79. The van der Waals surface area contributed by atoms with E-state index in [0.717, 1.165) is 6.42 Å². The van der Waals surface area contributed by atoms with Gasteiger partial charge in [-0.2, -0.15) is 12.7 Å². The first-order chi connectivity index (χ1) is 14.1. The van der Waals surface area contributed by atoms with Crippen LogP contribution in [0.25, 0.3) is 0 Å². The van der Waals surface area contributed by atoms with Gasteiger partial charge < -0.3 is 20.4 Å². The highest BCUT2D eigenvalue weighted by molar-refractivity contribution is 8.03. The van der Waals surface area contributed by atoms with Crippen molar-refractivity contribution in [2.75, 3.05) is 26.2 Å². The Bertz CT molecular complexity index is 876. The molecule has 0 spiro atoms. The number of carbonyl (C=O) groups is 2. The second-order valence-corrected chi connectivity index (χ2v) is 11.6. The number of fused-ring (bicyclic) bond motifs is 1. The summed E-state index contributed by atoms with van der Waals surface area (Å²) in [7, 11) is -3.42. The molecule has 4 heterocycles. The van der Waals surface area contributed by atoms with E-state index in [2.05, 4.69) is 10.0 Å². The maximum absolute atomic E-state index is 12.4. The fourth-order valence-electron chi connectivity index (χ4n) is 4.97. The van der Waals surface area contributed by atoms with Crippen LogP contribution in [0.4, 0.5) is 0 Å². The Morgan fingerprint density at radius 2 is 2.13 bits per heavy atom. The number of thioether (sulfide) groups is 1. The van der Waals surface area contributed by atoms with Crippen molar-refractivity contribution in [1.82, 2.24) is 19.2 Å². The van der Waals surface area contributed by atoms with Gasteiger partial charge in [0, 0.05) is 48.3 Å². The molecule has 1 amide bonds. The van der Waals surface area contributed by atoms with Crippen molar-refractivity contribution in [3.05, 3.63) is 10.6 Å². The van der Waals surface area contributed by atoms with Crippen LogP contribution in [0.3, 0.4) is 0 Å². The first-order valence-electron chi connectivity index (χ1n) is 10.2. The van der Waals surface area contributed by atoms with Gasteiger partial charge in [-0.3, -0.25) is 4.79 Å². The van der Waals surface area contributed by atoms with Crippen LogP contribution in [-0.2, 0) is 19.8 Å². The standard InChI is InChI=1S/C18H28N4O6S2/c1-9-14-13(10(2)23)17(24)22(14)15(18(25)26)16(9)29-12-6-11(19-7-12)8-21-5-3-4-20-30(21,27)28/h9-14,19-20,23H,3-8H2,1-2H3,(H,25,26)/t9-,10-,11+,12+,13?,14?/m1/s1. The second kappa shape index (κ2) is 8.06. The van der Waals surface area contributed by atoms with Crippen molar-refractivity contribution >= 4 is 33.8 Å². The molecule has 30 heavy (non-hydrogen) atoms. The van der Waals surface area contributed by atoms with E-state index in [1.165, 1.54) is 21.0 Å². The number of nitrogens with one attached hydrogen (secondary N) is 2. The van der Waals surface area contributed by atoms with Gasteiger partial charge in [-0.1, -0.05) is 6.92 Å². The average molecular weight is 461 g/mol. The number of hydrogen-bond acceptors (Lipinski definition) is 7. The molecule has 0 bridgehead atoms. The molecule has 4 aliphatic heterocycles. The number of aliphatic hydroxyl groups excluding tert-OH is 1. The highest BCUT2D eigenvalue weighted by Crippen LogP contribution is 2.51. The average Bonchev–Trinajstić information content (AvgIpc) is 3.18. The first-order valence-corrected chi connectivity index (χ1v) is 12.6. The van der Waals surface area contributed by atoms with Crippen molar-refractivity contribution in [2.24, 2.45) is 11.8 Å². The van der Waals surface area contributed by atoms with E-state index < -0.39 is 28.2 Å². The molecular weight excluding hydrogens is 432 g/mol. The fraction of sp³-hybridized carbons (Fsp3) is 0.778. The Balaban J connectivity index is 1.44. The lowest BCUT2D eigenvalue weighted by molar-refractivity contribution is -0.163. The SMILES string of the molecule is C[C@@H](O)C1C(=O)N2C(C(=O)O)=C(S[C@@H]3CN[C@H](CN4CCCNS4(=O)=O)C3)[C@H](C)C12. The molecule has 168 valence electrons. The molecule has 4 rings (SSSR count). The van der Waals surface area contributed by atoms with Gasteiger partial charge in [-0.05, 0) is 19.8 Å². The van der Waals surface area contributed by atoms with Crippen molar-refractivity contribution in [2.45, 2.75) is 50.1 Å². The number of β-lactam (4-membered cyclic amide) rings is 1. The number of carboxylic acid groups (broad SMARTS) is 1. The monoisotopic (exact) mass is 460 g/mol. The van der Waals surface area contributed by atoms with Crippen molar-refractivity contribution in [3.8, 4) is 0 Å². The third-order valence-corrected chi connectivity index (χ3v) is 9.51. The maximum Gasteiger partial charge on any atom is 0.353 e. The summed E-state index contributed by atoms with van der Waals surface area (Å²) in [5.41, 5.74) is 0.0330. The number of aliphatic carboxylic acids is 1. The largest absolute Gasteiger partial charge is 0.477 e.